The second-order valence-electron chi connectivity index (χ2n) is 6.14. The van der Waals surface area contributed by atoms with E-state index in [1.807, 2.05) is 17.0 Å². The molecule has 0 atom stereocenters. The van der Waals surface area contributed by atoms with E-state index >= 15 is 0 Å². The Bertz CT molecular complexity index is 609. The third-order valence-electron chi connectivity index (χ3n) is 4.00. The van der Waals surface area contributed by atoms with Crippen LogP contribution in [0.1, 0.15) is 29.9 Å². The van der Waals surface area contributed by atoms with Gasteiger partial charge >= 0.3 is 6.03 Å². The van der Waals surface area contributed by atoms with Crippen LogP contribution in [0.25, 0.3) is 0 Å². The third kappa shape index (κ3) is 2.95. The van der Waals surface area contributed by atoms with Crippen molar-refractivity contribution in [1.29, 1.82) is 0 Å². The monoisotopic (exact) mass is 300 g/mol. The third-order valence-corrected chi connectivity index (χ3v) is 5.23. The molecule has 0 unspecified atom stereocenters. The summed E-state index contributed by atoms with van der Waals surface area (Å²) in [7, 11) is 0. The minimum absolute atomic E-state index is 0.0239. The summed E-state index contributed by atoms with van der Waals surface area (Å²) in [5.41, 5.74) is 2.48. The minimum atomic E-state index is -0.0313. The zero-order valence-corrected chi connectivity index (χ0v) is 13.2. The number of rotatable bonds is 3. The zero-order valence-electron chi connectivity index (χ0n) is 12.4. The molecule has 3 rings (SSSR count). The molecule has 1 aliphatic heterocycles. The Morgan fingerprint density at radius 2 is 1.86 bits per heavy atom. The van der Waals surface area contributed by atoms with Crippen LogP contribution in [-0.2, 0) is 18.5 Å². The Labute approximate surface area is 129 Å². The first-order chi connectivity index (χ1) is 10.1. The van der Waals surface area contributed by atoms with Crippen molar-refractivity contribution in [1.82, 2.24) is 10.2 Å². The van der Waals surface area contributed by atoms with Gasteiger partial charge in [-0.15, -0.1) is 11.3 Å². The molecule has 1 N–H and O–H groups in total. The van der Waals surface area contributed by atoms with Crippen LogP contribution in [-0.4, -0.2) is 17.5 Å². The number of hydrogen-bond donors (Lipinski definition) is 1. The average Bonchev–Trinajstić information content (AvgIpc) is 3.13. The maximum absolute atomic E-state index is 12.3. The number of hydrogen-bond acceptors (Lipinski definition) is 2. The van der Waals surface area contributed by atoms with Gasteiger partial charge in [-0.2, -0.15) is 0 Å². The van der Waals surface area contributed by atoms with Crippen LogP contribution in [0.4, 0.5) is 4.79 Å². The fourth-order valence-electron chi connectivity index (χ4n) is 2.64. The molecule has 0 aliphatic carbocycles. The van der Waals surface area contributed by atoms with Crippen molar-refractivity contribution in [3.8, 4) is 0 Å². The maximum atomic E-state index is 12.3. The Kier molecular flexibility index (Phi) is 3.72. The van der Waals surface area contributed by atoms with Crippen molar-refractivity contribution >= 4 is 17.4 Å². The summed E-state index contributed by atoms with van der Waals surface area (Å²) in [6.07, 6.45) is 0. The van der Waals surface area contributed by atoms with E-state index in [0.717, 1.165) is 0 Å². The predicted molar refractivity (Wildman–Crippen MR) is 86.4 cm³/mol. The smallest absolute Gasteiger partial charge is 0.318 e. The normalized spacial score (nSPS) is 14.1. The lowest BCUT2D eigenvalue weighted by Gasteiger charge is -2.25. The van der Waals surface area contributed by atoms with E-state index < -0.39 is 0 Å². The predicted octanol–water partition coefficient (Wildman–Crippen LogP) is 3.75. The molecule has 21 heavy (non-hydrogen) atoms. The summed E-state index contributed by atoms with van der Waals surface area (Å²) in [6.45, 7) is 6.40. The molecule has 0 saturated heterocycles. The molecule has 1 aromatic heterocycles. The fourth-order valence-corrected chi connectivity index (χ4v) is 3.49. The number of urea groups is 1. The van der Waals surface area contributed by atoms with Crippen LogP contribution >= 0.6 is 11.3 Å². The molecule has 0 radical (unpaired) electrons. The van der Waals surface area contributed by atoms with Crippen molar-refractivity contribution in [2.24, 2.45) is 0 Å². The van der Waals surface area contributed by atoms with Crippen molar-refractivity contribution in [2.45, 2.75) is 32.4 Å². The SMILES string of the molecule is CC(C)(CNC(=O)N1Cc2ccccc2C1)c1cccs1. The van der Waals surface area contributed by atoms with Gasteiger partial charge in [-0.25, -0.2) is 4.79 Å². The van der Waals surface area contributed by atoms with Gasteiger partial charge in [0.15, 0.2) is 0 Å². The molecule has 2 amide bonds. The molecule has 3 nitrogen and oxygen atoms in total. The van der Waals surface area contributed by atoms with Crippen molar-refractivity contribution in [3.05, 3.63) is 57.8 Å². The number of amides is 2. The van der Waals surface area contributed by atoms with Crippen molar-refractivity contribution in [3.63, 3.8) is 0 Å². The second-order valence-corrected chi connectivity index (χ2v) is 7.09. The van der Waals surface area contributed by atoms with Crippen LogP contribution in [0.3, 0.4) is 0 Å². The topological polar surface area (TPSA) is 32.3 Å². The lowest BCUT2D eigenvalue weighted by Crippen LogP contribution is -2.42. The summed E-state index contributed by atoms with van der Waals surface area (Å²) in [4.78, 5) is 15.5. The number of benzene rings is 1. The molecule has 2 aromatic rings. The molecule has 2 heterocycles. The van der Waals surface area contributed by atoms with Gasteiger partial charge in [0.05, 0.1) is 0 Å². The van der Waals surface area contributed by atoms with E-state index in [4.69, 9.17) is 0 Å². The Hall–Kier alpha value is -1.81. The molecular weight excluding hydrogens is 280 g/mol. The van der Waals surface area contributed by atoms with Gasteiger partial charge in [-0.3, -0.25) is 0 Å². The number of carbonyl (C=O) groups is 1. The van der Waals surface area contributed by atoms with E-state index in [0.29, 0.717) is 19.6 Å². The molecule has 110 valence electrons. The van der Waals surface area contributed by atoms with Crippen LogP contribution in [0, 0.1) is 0 Å². The lowest BCUT2D eigenvalue weighted by molar-refractivity contribution is 0.196. The quantitative estimate of drug-likeness (QED) is 0.920. The maximum Gasteiger partial charge on any atom is 0.318 e. The second kappa shape index (κ2) is 5.53. The van der Waals surface area contributed by atoms with E-state index in [9.17, 15) is 4.79 Å². The van der Waals surface area contributed by atoms with Crippen LogP contribution in [0.2, 0.25) is 0 Å². The standard InChI is InChI=1S/C17H20N2OS/c1-17(2,15-8-5-9-21-15)12-18-16(20)19-10-13-6-3-4-7-14(13)11-19/h3-9H,10-12H2,1-2H3,(H,18,20). The van der Waals surface area contributed by atoms with Crippen LogP contribution < -0.4 is 5.32 Å². The molecule has 0 bridgehead atoms. The van der Waals surface area contributed by atoms with Crippen LogP contribution in [0.15, 0.2) is 41.8 Å². The van der Waals surface area contributed by atoms with Crippen molar-refractivity contribution < 1.29 is 4.79 Å². The van der Waals surface area contributed by atoms with Gasteiger partial charge in [0.1, 0.15) is 0 Å². The molecule has 1 aromatic carbocycles. The highest BCUT2D eigenvalue weighted by atomic mass is 32.1. The number of nitrogens with one attached hydrogen (secondary N) is 1. The summed E-state index contributed by atoms with van der Waals surface area (Å²) < 4.78 is 0. The van der Waals surface area contributed by atoms with E-state index in [1.54, 1.807) is 11.3 Å². The van der Waals surface area contributed by atoms with Crippen molar-refractivity contribution in [2.75, 3.05) is 6.54 Å². The first-order valence-electron chi connectivity index (χ1n) is 7.20. The largest absolute Gasteiger partial charge is 0.337 e. The van der Waals surface area contributed by atoms with Gasteiger partial charge < -0.3 is 10.2 Å². The highest BCUT2D eigenvalue weighted by Gasteiger charge is 2.26. The zero-order chi connectivity index (χ0) is 14.9. The van der Waals surface area contributed by atoms with E-state index in [2.05, 4.69) is 48.8 Å². The first-order valence-corrected chi connectivity index (χ1v) is 8.08. The molecular formula is C17H20N2OS. The first kappa shape index (κ1) is 14.1. The lowest BCUT2D eigenvalue weighted by atomic mass is 9.91. The van der Waals surface area contributed by atoms with E-state index in [-0.39, 0.29) is 11.4 Å². The molecule has 0 fully saturated rings. The fraction of sp³-hybridized carbons (Fsp3) is 0.353. The molecule has 0 spiro atoms. The summed E-state index contributed by atoms with van der Waals surface area (Å²) >= 11 is 1.74. The Morgan fingerprint density at radius 3 is 2.43 bits per heavy atom. The summed E-state index contributed by atoms with van der Waals surface area (Å²) in [6, 6.07) is 12.5. The Balaban J connectivity index is 1.59. The number of carbonyl (C=O) groups excluding carboxylic acids is 1. The van der Waals surface area contributed by atoms with Crippen LogP contribution in [0.5, 0.6) is 0 Å². The molecule has 1 aliphatic rings. The highest BCUT2D eigenvalue weighted by molar-refractivity contribution is 7.10. The Morgan fingerprint density at radius 1 is 1.19 bits per heavy atom. The number of fused-ring (bicyclic) bond motifs is 1. The minimum Gasteiger partial charge on any atom is -0.337 e. The summed E-state index contributed by atoms with van der Waals surface area (Å²) in [5, 5.41) is 5.16. The summed E-state index contributed by atoms with van der Waals surface area (Å²) in [5.74, 6) is 0. The van der Waals surface area contributed by atoms with Gasteiger partial charge in [0, 0.05) is 29.9 Å². The van der Waals surface area contributed by atoms with Gasteiger partial charge in [-0.1, -0.05) is 44.2 Å². The van der Waals surface area contributed by atoms with Gasteiger partial charge in [0.2, 0.25) is 0 Å². The number of nitrogens with zero attached hydrogens (tertiary/aromatic N) is 1. The van der Waals surface area contributed by atoms with Gasteiger partial charge in [0.25, 0.3) is 0 Å². The average molecular weight is 300 g/mol. The molecule has 0 saturated carbocycles. The van der Waals surface area contributed by atoms with E-state index in [1.165, 1.54) is 16.0 Å². The highest BCUT2D eigenvalue weighted by Crippen LogP contribution is 2.27. The molecule has 4 heteroatoms. The number of thiophene rings is 1. The van der Waals surface area contributed by atoms with Gasteiger partial charge in [-0.05, 0) is 22.6 Å².